The number of carbonyl (C=O) groups is 2. The number of hydrogen-bond donors (Lipinski definition) is 1. The first-order valence-corrected chi connectivity index (χ1v) is 11.9. The molecule has 2 aliphatic heterocycles. The first kappa shape index (κ1) is 24.3. The predicted molar refractivity (Wildman–Crippen MR) is 130 cm³/mol. The molecule has 1 amide bonds. The summed E-state index contributed by atoms with van der Waals surface area (Å²) in [7, 11) is 0. The monoisotopic (exact) mass is 484 g/mol. The molecule has 0 bridgehead atoms. The van der Waals surface area contributed by atoms with Gasteiger partial charge in [-0.05, 0) is 48.4 Å². The Morgan fingerprint density at radius 3 is 2.53 bits per heavy atom. The van der Waals surface area contributed by atoms with Crippen LogP contribution in [0.25, 0.3) is 5.76 Å². The number of rotatable bonds is 8. The number of nitrogens with zero attached hydrogens (tertiary/aromatic N) is 2. The fourth-order valence-electron chi connectivity index (χ4n) is 4.29. The van der Waals surface area contributed by atoms with E-state index in [9.17, 15) is 14.7 Å². The van der Waals surface area contributed by atoms with E-state index >= 15 is 0 Å². The molecule has 1 atom stereocenters. The number of morpholine rings is 1. The van der Waals surface area contributed by atoms with Crippen molar-refractivity contribution in [3.8, 4) is 5.75 Å². The predicted octanol–water partition coefficient (Wildman–Crippen LogP) is 3.88. The minimum atomic E-state index is -0.726. The Balaban J connectivity index is 1.68. The van der Waals surface area contributed by atoms with Crippen LogP contribution in [-0.2, 0) is 14.3 Å². The first-order chi connectivity index (χ1) is 16.5. The smallest absolute Gasteiger partial charge is 0.295 e. The van der Waals surface area contributed by atoms with Crippen LogP contribution in [0.2, 0.25) is 5.02 Å². The van der Waals surface area contributed by atoms with Gasteiger partial charge in [0.25, 0.3) is 11.7 Å². The van der Waals surface area contributed by atoms with Crippen molar-refractivity contribution in [3.63, 3.8) is 0 Å². The summed E-state index contributed by atoms with van der Waals surface area (Å²) in [4.78, 5) is 30.0. The van der Waals surface area contributed by atoms with Gasteiger partial charge in [-0.3, -0.25) is 14.5 Å². The van der Waals surface area contributed by atoms with E-state index in [0.29, 0.717) is 54.8 Å². The third-order valence-corrected chi connectivity index (χ3v) is 6.30. The van der Waals surface area contributed by atoms with Gasteiger partial charge in [-0.15, -0.1) is 0 Å². The molecule has 0 saturated carbocycles. The molecule has 7 nitrogen and oxygen atoms in total. The largest absolute Gasteiger partial charge is 0.507 e. The van der Waals surface area contributed by atoms with E-state index in [4.69, 9.17) is 21.1 Å². The maximum Gasteiger partial charge on any atom is 0.295 e. The molecule has 2 saturated heterocycles. The van der Waals surface area contributed by atoms with Crippen LogP contribution in [0.5, 0.6) is 5.75 Å². The fraction of sp³-hybridized carbons (Fsp3) is 0.385. The summed E-state index contributed by atoms with van der Waals surface area (Å²) >= 11 is 6.24. The number of ether oxygens (including phenoxy) is 2. The normalized spacial score (nSPS) is 20.6. The summed E-state index contributed by atoms with van der Waals surface area (Å²) in [5.74, 6) is -0.853. The van der Waals surface area contributed by atoms with E-state index in [1.54, 1.807) is 42.5 Å². The zero-order valence-electron chi connectivity index (χ0n) is 19.2. The van der Waals surface area contributed by atoms with Gasteiger partial charge < -0.3 is 19.5 Å². The van der Waals surface area contributed by atoms with E-state index in [1.807, 2.05) is 13.0 Å². The molecule has 1 unspecified atom stereocenters. The molecular formula is C26H29ClN2O5. The zero-order valence-corrected chi connectivity index (χ0v) is 20.0. The van der Waals surface area contributed by atoms with Gasteiger partial charge in [-0.2, -0.15) is 0 Å². The van der Waals surface area contributed by atoms with Gasteiger partial charge in [-0.25, -0.2) is 0 Å². The van der Waals surface area contributed by atoms with Gasteiger partial charge in [0.1, 0.15) is 11.5 Å². The van der Waals surface area contributed by atoms with Crippen LogP contribution in [0.15, 0.2) is 54.1 Å². The lowest BCUT2D eigenvalue weighted by Crippen LogP contribution is -2.42. The van der Waals surface area contributed by atoms with Crippen LogP contribution < -0.4 is 4.74 Å². The van der Waals surface area contributed by atoms with Gasteiger partial charge in [0.2, 0.25) is 0 Å². The van der Waals surface area contributed by atoms with Crippen LogP contribution in [0.1, 0.15) is 30.5 Å². The lowest BCUT2D eigenvalue weighted by molar-refractivity contribution is -0.140. The topological polar surface area (TPSA) is 79.3 Å². The average molecular weight is 485 g/mol. The van der Waals surface area contributed by atoms with Crippen molar-refractivity contribution in [2.75, 3.05) is 46.0 Å². The number of benzene rings is 2. The lowest BCUT2D eigenvalue weighted by Gasteiger charge is -2.31. The molecule has 2 fully saturated rings. The molecule has 0 aromatic heterocycles. The highest BCUT2D eigenvalue weighted by atomic mass is 35.5. The molecule has 180 valence electrons. The van der Waals surface area contributed by atoms with Gasteiger partial charge in [0, 0.05) is 36.8 Å². The molecule has 8 heteroatoms. The summed E-state index contributed by atoms with van der Waals surface area (Å²) in [6.45, 7) is 6.42. The van der Waals surface area contributed by atoms with Gasteiger partial charge >= 0.3 is 0 Å². The number of aliphatic hydroxyl groups is 1. The summed E-state index contributed by atoms with van der Waals surface area (Å²) in [5.41, 5.74) is 1.19. The second-order valence-electron chi connectivity index (χ2n) is 8.37. The molecule has 1 N–H and O–H groups in total. The maximum atomic E-state index is 13.2. The van der Waals surface area contributed by atoms with Crippen molar-refractivity contribution < 1.29 is 24.2 Å². The molecule has 0 radical (unpaired) electrons. The number of amides is 1. The number of likely N-dealkylation sites (tertiary alicyclic amines) is 1. The van der Waals surface area contributed by atoms with Crippen LogP contribution >= 0.6 is 11.6 Å². The number of Topliss-reactive ketones (excluding diaryl/α,β-unsaturated/α-hetero) is 1. The molecular weight excluding hydrogens is 456 g/mol. The Morgan fingerprint density at radius 1 is 1.12 bits per heavy atom. The summed E-state index contributed by atoms with van der Waals surface area (Å²) in [6, 6.07) is 13.2. The number of aliphatic hydroxyl groups excluding tert-OH is 1. The third kappa shape index (κ3) is 5.27. The van der Waals surface area contributed by atoms with E-state index in [2.05, 4.69) is 4.90 Å². The Bertz CT molecular complexity index is 1060. The Morgan fingerprint density at radius 2 is 1.85 bits per heavy atom. The minimum absolute atomic E-state index is 0.0662. The molecule has 2 aromatic carbocycles. The SMILES string of the molecule is CCCOc1ccc(/C(O)=C2\C(=O)C(=O)N(CCN3CCOCC3)C2c2cccc(Cl)c2)cc1. The van der Waals surface area contributed by atoms with Crippen LogP contribution in [0.3, 0.4) is 0 Å². The zero-order chi connectivity index (χ0) is 24.1. The highest BCUT2D eigenvalue weighted by molar-refractivity contribution is 6.46. The highest BCUT2D eigenvalue weighted by Crippen LogP contribution is 2.40. The average Bonchev–Trinajstić information content (AvgIpc) is 3.11. The van der Waals surface area contributed by atoms with Crippen molar-refractivity contribution in [1.82, 2.24) is 9.80 Å². The van der Waals surface area contributed by atoms with E-state index in [1.165, 1.54) is 4.90 Å². The summed E-state index contributed by atoms with van der Waals surface area (Å²) < 4.78 is 11.0. The third-order valence-electron chi connectivity index (χ3n) is 6.07. The summed E-state index contributed by atoms with van der Waals surface area (Å²) in [5, 5.41) is 11.7. The molecule has 4 rings (SSSR count). The number of hydrogen-bond acceptors (Lipinski definition) is 6. The standard InChI is InChI=1S/C26H29ClN2O5/c1-2-14-34-21-8-6-18(7-9-21)24(30)22-23(19-4-3-5-20(27)17-19)29(26(32)25(22)31)11-10-28-12-15-33-16-13-28/h3-9,17,23,30H,2,10-16H2,1H3/b24-22+. The fourth-order valence-corrected chi connectivity index (χ4v) is 4.49. The number of ketones is 1. The Kier molecular flexibility index (Phi) is 7.88. The van der Waals surface area contributed by atoms with Crippen molar-refractivity contribution in [2.24, 2.45) is 0 Å². The van der Waals surface area contributed by atoms with Crippen molar-refractivity contribution >= 4 is 29.1 Å². The van der Waals surface area contributed by atoms with Gasteiger partial charge in [-0.1, -0.05) is 30.7 Å². The second-order valence-corrected chi connectivity index (χ2v) is 8.81. The van der Waals surface area contributed by atoms with Crippen LogP contribution in [-0.4, -0.2) is 72.6 Å². The quantitative estimate of drug-likeness (QED) is 0.348. The Labute approximate surface area is 204 Å². The molecule has 2 heterocycles. The van der Waals surface area contributed by atoms with Crippen molar-refractivity contribution in [1.29, 1.82) is 0 Å². The molecule has 34 heavy (non-hydrogen) atoms. The first-order valence-electron chi connectivity index (χ1n) is 11.6. The van der Waals surface area contributed by atoms with Gasteiger partial charge in [0.15, 0.2) is 0 Å². The van der Waals surface area contributed by atoms with Crippen LogP contribution in [0.4, 0.5) is 0 Å². The van der Waals surface area contributed by atoms with Crippen molar-refractivity contribution in [2.45, 2.75) is 19.4 Å². The summed E-state index contributed by atoms with van der Waals surface area (Å²) in [6.07, 6.45) is 0.884. The molecule has 0 spiro atoms. The molecule has 0 aliphatic carbocycles. The molecule has 2 aliphatic rings. The van der Waals surface area contributed by atoms with Crippen molar-refractivity contribution in [3.05, 3.63) is 70.3 Å². The number of halogens is 1. The van der Waals surface area contributed by atoms with E-state index in [0.717, 1.165) is 19.5 Å². The minimum Gasteiger partial charge on any atom is -0.507 e. The molecule has 2 aromatic rings. The highest BCUT2D eigenvalue weighted by Gasteiger charge is 2.46. The maximum absolute atomic E-state index is 13.2. The Hall–Kier alpha value is -2.87. The van der Waals surface area contributed by atoms with Crippen LogP contribution in [0, 0.1) is 0 Å². The van der Waals surface area contributed by atoms with E-state index < -0.39 is 17.7 Å². The van der Waals surface area contributed by atoms with E-state index in [-0.39, 0.29) is 11.3 Å². The van der Waals surface area contributed by atoms with Gasteiger partial charge in [0.05, 0.1) is 31.4 Å². The second kappa shape index (κ2) is 11.0. The number of carbonyl (C=O) groups excluding carboxylic acids is 2. The lowest BCUT2D eigenvalue weighted by atomic mass is 9.95.